The van der Waals surface area contributed by atoms with Crippen molar-refractivity contribution in [3.8, 4) is 0 Å². The molecule has 3 aliphatic rings. The quantitative estimate of drug-likeness (QED) is 0.228. The predicted molar refractivity (Wildman–Crippen MR) is 110 cm³/mol. The van der Waals surface area contributed by atoms with Crippen LogP contribution in [0.4, 0.5) is 0 Å². The lowest BCUT2D eigenvalue weighted by Crippen LogP contribution is -2.71. The van der Waals surface area contributed by atoms with E-state index in [4.69, 9.17) is 5.11 Å². The first-order valence-electron chi connectivity index (χ1n) is 10.2. The van der Waals surface area contributed by atoms with Crippen molar-refractivity contribution in [1.82, 2.24) is 10.2 Å². The van der Waals surface area contributed by atoms with Gasteiger partial charge in [-0.2, -0.15) is 0 Å². The lowest BCUT2D eigenvalue weighted by Gasteiger charge is -2.33. The van der Waals surface area contributed by atoms with E-state index in [2.05, 4.69) is 33.4 Å². The standard InChI is InChI=1S/C22H26N4O4/c1-23-18-13-15(26-10-8-14(9-11-26)12-20(28)29)4-5-16(18)21(24-2)17-6-7-19(27)25(3)22(17)30/h13-14,17H,3,6-12H2,1-2H3,(H-,23,24,28,29)/p+2. The summed E-state index contributed by atoms with van der Waals surface area (Å²) in [6, 6.07) is 0. The molecule has 3 N–H and O–H groups in total. The molecule has 158 valence electrons. The molecular weight excluding hydrogens is 384 g/mol. The Bertz CT molecular complexity index is 954. The molecule has 2 aliphatic heterocycles. The van der Waals surface area contributed by atoms with E-state index in [1.807, 2.05) is 13.1 Å². The lowest BCUT2D eigenvalue weighted by molar-refractivity contribution is -0.425. The Balaban J connectivity index is 1.85. The van der Waals surface area contributed by atoms with Gasteiger partial charge in [-0.1, -0.05) is 5.73 Å². The molecule has 0 aromatic carbocycles. The SMILES string of the molecule is C=[N+]1C(=O)CCC(C(=[NH+]C)C2=C=C=C(N3CCC(CC(=O)O)CC3)C=C2NC)C1=O. The van der Waals surface area contributed by atoms with Crippen molar-refractivity contribution in [2.75, 3.05) is 27.2 Å². The lowest BCUT2D eigenvalue weighted by atomic mass is 9.86. The Hall–Kier alpha value is -3.21. The summed E-state index contributed by atoms with van der Waals surface area (Å²) in [6.45, 7) is 5.12. The Morgan fingerprint density at radius 3 is 2.63 bits per heavy atom. The minimum Gasteiger partial charge on any atom is -0.481 e. The van der Waals surface area contributed by atoms with Crippen LogP contribution >= 0.6 is 0 Å². The van der Waals surface area contributed by atoms with Crippen molar-refractivity contribution in [3.05, 3.63) is 34.5 Å². The molecule has 0 aromatic rings. The zero-order valence-corrected chi connectivity index (χ0v) is 17.5. The molecule has 2 amide bonds. The fourth-order valence-corrected chi connectivity index (χ4v) is 4.22. The minimum atomic E-state index is -0.745. The highest BCUT2D eigenvalue weighted by Crippen LogP contribution is 2.27. The van der Waals surface area contributed by atoms with Crippen LogP contribution in [-0.2, 0) is 14.4 Å². The van der Waals surface area contributed by atoms with Crippen LogP contribution in [0.2, 0.25) is 0 Å². The molecule has 8 nitrogen and oxygen atoms in total. The number of aliphatic carboxylic acids is 1. The van der Waals surface area contributed by atoms with E-state index in [1.54, 1.807) is 7.05 Å². The summed E-state index contributed by atoms with van der Waals surface area (Å²) in [7, 11) is 3.56. The maximum Gasteiger partial charge on any atom is 0.408 e. The smallest absolute Gasteiger partial charge is 0.408 e. The van der Waals surface area contributed by atoms with Crippen LogP contribution in [0.15, 0.2) is 34.5 Å². The summed E-state index contributed by atoms with van der Waals surface area (Å²) in [5, 5.41) is 12.2. The van der Waals surface area contributed by atoms with Gasteiger partial charge in [-0.3, -0.25) is 4.79 Å². The Morgan fingerprint density at radius 2 is 2.03 bits per heavy atom. The number of rotatable bonds is 6. The Labute approximate surface area is 175 Å². The number of allylic oxidation sites excluding steroid dienone is 2. The van der Waals surface area contributed by atoms with Crippen LogP contribution in [0.3, 0.4) is 0 Å². The first-order chi connectivity index (χ1) is 14.3. The number of likely N-dealkylation sites (tertiary alicyclic amines) is 1. The summed E-state index contributed by atoms with van der Waals surface area (Å²) in [5.41, 5.74) is 9.49. The highest BCUT2D eigenvalue weighted by molar-refractivity contribution is 6.12. The van der Waals surface area contributed by atoms with Crippen LogP contribution in [0.1, 0.15) is 32.1 Å². The topological polar surface area (TPSA) is 104 Å². The number of imide groups is 1. The highest BCUT2D eigenvalue weighted by atomic mass is 16.4. The van der Waals surface area contributed by atoms with Gasteiger partial charge in [-0.25, -0.2) is 14.6 Å². The maximum atomic E-state index is 12.6. The van der Waals surface area contributed by atoms with Crippen LogP contribution in [0.5, 0.6) is 0 Å². The number of carbonyl (C=O) groups excluding carboxylic acids is 2. The van der Waals surface area contributed by atoms with Crippen molar-refractivity contribution >= 4 is 30.2 Å². The molecule has 2 saturated heterocycles. The van der Waals surface area contributed by atoms with Gasteiger partial charge in [0.1, 0.15) is 19.3 Å². The minimum absolute atomic E-state index is 0.209. The Kier molecular flexibility index (Phi) is 6.50. The number of carboxylic acid groups (broad SMARTS) is 1. The van der Waals surface area contributed by atoms with Crippen LogP contribution in [0.25, 0.3) is 0 Å². The molecule has 0 radical (unpaired) electrons. The van der Waals surface area contributed by atoms with Gasteiger partial charge in [-0.15, -0.1) is 4.58 Å². The van der Waals surface area contributed by atoms with Crippen molar-refractivity contribution in [3.63, 3.8) is 0 Å². The van der Waals surface area contributed by atoms with E-state index in [1.165, 1.54) is 0 Å². The molecule has 2 fully saturated rings. The van der Waals surface area contributed by atoms with Gasteiger partial charge in [0, 0.05) is 26.6 Å². The zero-order valence-electron chi connectivity index (χ0n) is 17.5. The second kappa shape index (κ2) is 9.08. The monoisotopic (exact) mass is 412 g/mol. The van der Waals surface area contributed by atoms with E-state index in [9.17, 15) is 14.4 Å². The van der Waals surface area contributed by atoms with E-state index in [0.717, 1.165) is 41.9 Å². The number of hydrogen-bond acceptors (Lipinski definition) is 5. The fourth-order valence-electron chi connectivity index (χ4n) is 4.22. The fraction of sp³-hybridized carbons (Fsp3) is 0.500. The number of likely N-dealkylation sites (N-methyl/N-ethyl adjacent to an activating group) is 1. The van der Waals surface area contributed by atoms with E-state index in [0.29, 0.717) is 17.7 Å². The number of carbonyl (C=O) groups is 3. The van der Waals surface area contributed by atoms with Gasteiger partial charge in [0.15, 0.2) is 5.92 Å². The molecule has 0 bridgehead atoms. The third kappa shape index (κ3) is 4.35. The average Bonchev–Trinajstić information content (AvgIpc) is 2.74. The largest absolute Gasteiger partial charge is 0.481 e. The van der Waals surface area contributed by atoms with E-state index < -0.39 is 11.9 Å². The predicted octanol–water partition coefficient (Wildman–Crippen LogP) is -0.818. The van der Waals surface area contributed by atoms with Crippen LogP contribution < -0.4 is 10.3 Å². The molecule has 8 heteroatoms. The molecule has 0 aromatic heterocycles. The number of carboxylic acids is 1. The molecular formula is C22H28N4O4+2. The van der Waals surface area contributed by atoms with Crippen molar-refractivity contribution in [1.29, 1.82) is 0 Å². The summed E-state index contributed by atoms with van der Waals surface area (Å²) in [4.78, 5) is 40.6. The van der Waals surface area contributed by atoms with Gasteiger partial charge in [0.25, 0.3) is 0 Å². The molecule has 1 unspecified atom stereocenters. The maximum absolute atomic E-state index is 12.6. The summed E-state index contributed by atoms with van der Waals surface area (Å²) >= 11 is 0. The third-order valence-corrected chi connectivity index (χ3v) is 5.95. The number of hydrogen-bond donors (Lipinski definition) is 3. The summed E-state index contributed by atoms with van der Waals surface area (Å²) in [5.74, 6) is -1.61. The molecule has 1 atom stereocenters. The molecule has 2 heterocycles. The summed E-state index contributed by atoms with van der Waals surface area (Å²) < 4.78 is 0.948. The highest BCUT2D eigenvalue weighted by Gasteiger charge is 2.45. The van der Waals surface area contributed by atoms with E-state index >= 15 is 0 Å². The van der Waals surface area contributed by atoms with Gasteiger partial charge in [0.05, 0.1) is 17.8 Å². The first-order valence-corrected chi connectivity index (χ1v) is 10.2. The van der Waals surface area contributed by atoms with Gasteiger partial charge < -0.3 is 15.3 Å². The molecule has 3 rings (SSSR count). The second-order valence-corrected chi connectivity index (χ2v) is 7.76. The van der Waals surface area contributed by atoms with Gasteiger partial charge in [0.2, 0.25) is 5.71 Å². The Morgan fingerprint density at radius 1 is 1.33 bits per heavy atom. The van der Waals surface area contributed by atoms with Crippen molar-refractivity contribution in [2.24, 2.45) is 11.8 Å². The number of nitrogens with one attached hydrogen (secondary N) is 2. The third-order valence-electron chi connectivity index (χ3n) is 5.95. The van der Waals surface area contributed by atoms with Crippen LogP contribution in [-0.4, -0.2) is 72.0 Å². The van der Waals surface area contributed by atoms with Crippen molar-refractivity contribution in [2.45, 2.75) is 32.1 Å². The number of nitrogens with zero attached hydrogens (tertiary/aromatic N) is 2. The first kappa shape index (κ1) is 21.5. The summed E-state index contributed by atoms with van der Waals surface area (Å²) in [6.07, 6.45) is 4.54. The number of amides is 2. The molecule has 0 spiro atoms. The second-order valence-electron chi connectivity index (χ2n) is 7.76. The van der Waals surface area contributed by atoms with Gasteiger partial charge >= 0.3 is 17.8 Å². The van der Waals surface area contributed by atoms with Crippen molar-refractivity contribution < 1.29 is 29.1 Å². The number of piperidine rings is 2. The normalized spacial score (nSPS) is 23.2. The van der Waals surface area contributed by atoms with Crippen LogP contribution in [0, 0.1) is 11.8 Å². The van der Waals surface area contributed by atoms with E-state index in [-0.39, 0.29) is 30.6 Å². The molecule has 30 heavy (non-hydrogen) atoms. The zero-order chi connectivity index (χ0) is 21.8. The molecule has 0 saturated carbocycles. The van der Waals surface area contributed by atoms with Gasteiger partial charge in [-0.05, 0) is 37.0 Å². The molecule has 1 aliphatic carbocycles. The average molecular weight is 412 g/mol.